The molecule has 2 rings (SSSR count). The summed E-state index contributed by atoms with van der Waals surface area (Å²) >= 11 is 5.89. The lowest BCUT2D eigenvalue weighted by Crippen LogP contribution is -2.08. The van der Waals surface area contributed by atoms with E-state index in [0.29, 0.717) is 17.4 Å². The van der Waals surface area contributed by atoms with Gasteiger partial charge in [-0.05, 0) is 17.7 Å². The number of hydrogen-bond acceptors (Lipinski definition) is 3. The third-order valence-corrected chi connectivity index (χ3v) is 3.39. The van der Waals surface area contributed by atoms with Crippen LogP contribution in [0.4, 0.5) is 0 Å². The number of hydrogen-bond donors (Lipinski definition) is 0. The van der Waals surface area contributed by atoms with Crippen molar-refractivity contribution in [1.29, 1.82) is 0 Å². The molecule has 0 radical (unpaired) electrons. The first-order valence-corrected chi connectivity index (χ1v) is 7.31. The Labute approximate surface area is 130 Å². The maximum atomic E-state index is 6.06. The Hall–Kier alpha value is -1.87. The van der Waals surface area contributed by atoms with Crippen LogP contribution in [0.3, 0.4) is 0 Å². The van der Waals surface area contributed by atoms with Gasteiger partial charge in [0.25, 0.3) is 0 Å². The fourth-order valence-corrected chi connectivity index (χ4v) is 2.31. The van der Waals surface area contributed by atoms with Gasteiger partial charge >= 0.3 is 0 Å². The number of methoxy groups -OCH3 is 2. The summed E-state index contributed by atoms with van der Waals surface area (Å²) in [5.74, 6) is 2.59. The minimum absolute atomic E-state index is 0.0817. The molecule has 0 saturated heterocycles. The molecule has 0 spiro atoms. The van der Waals surface area contributed by atoms with Crippen LogP contribution in [0.15, 0.2) is 48.5 Å². The number of ether oxygens (including phenoxy) is 3. The van der Waals surface area contributed by atoms with E-state index in [1.165, 1.54) is 0 Å². The van der Waals surface area contributed by atoms with Crippen LogP contribution < -0.4 is 14.2 Å². The van der Waals surface area contributed by atoms with Crippen molar-refractivity contribution in [3.05, 3.63) is 54.1 Å². The van der Waals surface area contributed by atoms with Crippen LogP contribution in [0.25, 0.3) is 0 Å². The lowest BCUT2D eigenvalue weighted by atomic mass is 10.1. The van der Waals surface area contributed by atoms with Crippen molar-refractivity contribution < 1.29 is 14.2 Å². The van der Waals surface area contributed by atoms with Crippen molar-refractivity contribution >= 4 is 11.6 Å². The molecule has 2 aromatic rings. The highest BCUT2D eigenvalue weighted by atomic mass is 35.5. The van der Waals surface area contributed by atoms with Gasteiger partial charge in [0, 0.05) is 18.4 Å². The molecule has 0 aliphatic heterocycles. The van der Waals surface area contributed by atoms with E-state index in [1.807, 2.05) is 48.5 Å². The summed E-state index contributed by atoms with van der Waals surface area (Å²) in [7, 11) is 3.22. The maximum Gasteiger partial charge on any atom is 0.164 e. The van der Waals surface area contributed by atoms with E-state index >= 15 is 0 Å². The van der Waals surface area contributed by atoms with Gasteiger partial charge in [0.2, 0.25) is 0 Å². The quantitative estimate of drug-likeness (QED) is 0.707. The molecule has 1 atom stereocenters. The first-order chi connectivity index (χ1) is 10.3. The Morgan fingerprint density at radius 3 is 2.29 bits per heavy atom. The summed E-state index contributed by atoms with van der Waals surface area (Å²) in [6, 6.07) is 15.6. The normalized spacial score (nSPS) is 11.8. The van der Waals surface area contributed by atoms with Gasteiger partial charge in [-0.15, -0.1) is 11.6 Å². The fourth-order valence-electron chi connectivity index (χ4n) is 2.11. The van der Waals surface area contributed by atoms with Crippen molar-refractivity contribution in [3.63, 3.8) is 0 Å². The average Bonchev–Trinajstić information content (AvgIpc) is 2.55. The molecule has 0 fully saturated rings. The monoisotopic (exact) mass is 306 g/mol. The molecule has 112 valence electrons. The standard InChI is InChI=1S/C17H19ClO3/c1-19-16-9-8-14(12-17(16)20-2)21-15(10-11-18)13-6-4-3-5-7-13/h3-9,12,15H,10-11H2,1-2H3. The van der Waals surface area contributed by atoms with Crippen molar-refractivity contribution in [2.24, 2.45) is 0 Å². The second-order valence-corrected chi connectivity index (χ2v) is 4.89. The van der Waals surface area contributed by atoms with Gasteiger partial charge in [-0.25, -0.2) is 0 Å². The molecule has 0 aromatic heterocycles. The fraction of sp³-hybridized carbons (Fsp3) is 0.294. The first kappa shape index (κ1) is 15.5. The van der Waals surface area contributed by atoms with Crippen molar-refractivity contribution in [2.45, 2.75) is 12.5 Å². The van der Waals surface area contributed by atoms with E-state index in [9.17, 15) is 0 Å². The second kappa shape index (κ2) is 7.79. The number of benzene rings is 2. The molecular formula is C17H19ClO3. The Balaban J connectivity index is 2.21. The van der Waals surface area contributed by atoms with E-state index in [1.54, 1.807) is 14.2 Å². The highest BCUT2D eigenvalue weighted by Gasteiger charge is 2.14. The molecule has 0 bridgehead atoms. The van der Waals surface area contributed by atoms with Gasteiger partial charge < -0.3 is 14.2 Å². The minimum atomic E-state index is -0.0817. The zero-order valence-electron chi connectivity index (χ0n) is 12.2. The Morgan fingerprint density at radius 2 is 1.67 bits per heavy atom. The molecule has 0 saturated carbocycles. The van der Waals surface area contributed by atoms with Crippen molar-refractivity contribution in [2.75, 3.05) is 20.1 Å². The van der Waals surface area contributed by atoms with E-state index in [-0.39, 0.29) is 6.10 Å². The second-order valence-electron chi connectivity index (χ2n) is 4.51. The van der Waals surface area contributed by atoms with Gasteiger partial charge in [-0.2, -0.15) is 0 Å². The molecule has 3 nitrogen and oxygen atoms in total. The summed E-state index contributed by atoms with van der Waals surface area (Å²) in [5.41, 5.74) is 1.10. The maximum absolute atomic E-state index is 6.06. The SMILES string of the molecule is COc1ccc(OC(CCCl)c2ccccc2)cc1OC. The van der Waals surface area contributed by atoms with Crippen LogP contribution in [0.5, 0.6) is 17.2 Å². The Morgan fingerprint density at radius 1 is 0.952 bits per heavy atom. The summed E-state index contributed by atoms with van der Waals surface area (Å²) in [4.78, 5) is 0. The van der Waals surface area contributed by atoms with Gasteiger partial charge in [-0.3, -0.25) is 0 Å². The smallest absolute Gasteiger partial charge is 0.164 e. The topological polar surface area (TPSA) is 27.7 Å². The van der Waals surface area contributed by atoms with Crippen molar-refractivity contribution in [3.8, 4) is 17.2 Å². The zero-order valence-corrected chi connectivity index (χ0v) is 13.0. The lowest BCUT2D eigenvalue weighted by Gasteiger charge is -2.19. The summed E-state index contributed by atoms with van der Waals surface area (Å²) < 4.78 is 16.6. The number of rotatable bonds is 7. The minimum Gasteiger partial charge on any atom is -0.493 e. The van der Waals surface area contributed by atoms with E-state index in [0.717, 1.165) is 17.7 Å². The lowest BCUT2D eigenvalue weighted by molar-refractivity contribution is 0.201. The van der Waals surface area contributed by atoms with Crippen LogP contribution in [0.2, 0.25) is 0 Å². The molecule has 2 aromatic carbocycles. The summed E-state index contributed by atoms with van der Waals surface area (Å²) in [5, 5.41) is 0. The number of halogens is 1. The molecule has 1 unspecified atom stereocenters. The van der Waals surface area contributed by atoms with Gasteiger partial charge in [-0.1, -0.05) is 30.3 Å². The molecule has 21 heavy (non-hydrogen) atoms. The third kappa shape index (κ3) is 4.05. The molecule has 0 amide bonds. The molecular weight excluding hydrogens is 288 g/mol. The van der Waals surface area contributed by atoms with Gasteiger partial charge in [0.1, 0.15) is 11.9 Å². The molecule has 0 aliphatic carbocycles. The predicted molar refractivity (Wildman–Crippen MR) is 84.7 cm³/mol. The summed E-state index contributed by atoms with van der Waals surface area (Å²) in [6.07, 6.45) is 0.654. The average molecular weight is 307 g/mol. The molecule has 0 heterocycles. The van der Waals surface area contributed by atoms with Crippen LogP contribution in [-0.2, 0) is 0 Å². The van der Waals surface area contributed by atoms with Gasteiger partial charge in [0.05, 0.1) is 14.2 Å². The Bertz CT molecular complexity index is 557. The zero-order chi connectivity index (χ0) is 15.1. The van der Waals surface area contributed by atoms with Crippen LogP contribution >= 0.6 is 11.6 Å². The number of alkyl halides is 1. The van der Waals surface area contributed by atoms with Crippen molar-refractivity contribution in [1.82, 2.24) is 0 Å². The molecule has 4 heteroatoms. The molecule has 0 aliphatic rings. The van der Waals surface area contributed by atoms with E-state index in [2.05, 4.69) is 0 Å². The highest BCUT2D eigenvalue weighted by Crippen LogP contribution is 2.33. The van der Waals surface area contributed by atoms with Gasteiger partial charge in [0.15, 0.2) is 11.5 Å². The summed E-state index contributed by atoms with van der Waals surface area (Å²) in [6.45, 7) is 0. The van der Waals surface area contributed by atoms with Crippen LogP contribution in [0.1, 0.15) is 18.1 Å². The highest BCUT2D eigenvalue weighted by molar-refractivity contribution is 6.17. The van der Waals surface area contributed by atoms with Crippen LogP contribution in [0, 0.1) is 0 Å². The predicted octanol–water partition coefficient (Wildman–Crippen LogP) is 4.45. The van der Waals surface area contributed by atoms with Crippen LogP contribution in [-0.4, -0.2) is 20.1 Å². The van der Waals surface area contributed by atoms with E-state index in [4.69, 9.17) is 25.8 Å². The largest absolute Gasteiger partial charge is 0.493 e. The third-order valence-electron chi connectivity index (χ3n) is 3.18. The van der Waals surface area contributed by atoms with E-state index < -0.39 is 0 Å². The Kier molecular flexibility index (Phi) is 5.76. The molecule has 0 N–H and O–H groups in total. The first-order valence-electron chi connectivity index (χ1n) is 6.78.